The predicted molar refractivity (Wildman–Crippen MR) is 72.7 cm³/mol. The van der Waals surface area contributed by atoms with Crippen molar-refractivity contribution in [1.82, 2.24) is 5.32 Å². The van der Waals surface area contributed by atoms with Crippen LogP contribution in [0.3, 0.4) is 0 Å². The van der Waals surface area contributed by atoms with Crippen LogP contribution in [0.15, 0.2) is 0 Å². The van der Waals surface area contributed by atoms with Gasteiger partial charge in [-0.05, 0) is 29.7 Å². The first-order valence-corrected chi connectivity index (χ1v) is 7.13. The van der Waals surface area contributed by atoms with E-state index in [1.165, 1.54) is 25.7 Å². The first-order valence-electron chi connectivity index (χ1n) is 7.13. The van der Waals surface area contributed by atoms with Gasteiger partial charge in [0.05, 0.1) is 0 Å². The average molecular weight is 225 g/mol. The van der Waals surface area contributed by atoms with E-state index < -0.39 is 0 Å². The van der Waals surface area contributed by atoms with Gasteiger partial charge in [-0.3, -0.25) is 0 Å². The van der Waals surface area contributed by atoms with E-state index in [2.05, 4.69) is 46.9 Å². The Kier molecular flexibility index (Phi) is 4.45. The molecular formula is C15H31N. The van der Waals surface area contributed by atoms with E-state index in [9.17, 15) is 0 Å². The van der Waals surface area contributed by atoms with Gasteiger partial charge in [0.1, 0.15) is 0 Å². The van der Waals surface area contributed by atoms with Crippen LogP contribution in [0.2, 0.25) is 0 Å². The molecule has 1 saturated carbocycles. The molecule has 0 amide bonds. The Bertz CT molecular complexity index is 203. The fourth-order valence-electron chi connectivity index (χ4n) is 3.52. The Morgan fingerprint density at radius 2 is 1.56 bits per heavy atom. The Hall–Kier alpha value is -0.0400. The molecule has 96 valence electrons. The minimum Gasteiger partial charge on any atom is -0.314 e. The second-order valence-corrected chi connectivity index (χ2v) is 6.58. The van der Waals surface area contributed by atoms with Crippen molar-refractivity contribution in [3.63, 3.8) is 0 Å². The smallest absolute Gasteiger partial charge is 0.0106 e. The zero-order valence-corrected chi connectivity index (χ0v) is 12.2. The van der Waals surface area contributed by atoms with Gasteiger partial charge < -0.3 is 5.32 Å². The molecule has 0 spiro atoms. The molecule has 1 atom stereocenters. The number of nitrogens with one attached hydrogen (secondary N) is 1. The molecule has 0 bridgehead atoms. The number of rotatable bonds is 7. The molecule has 1 heteroatoms. The van der Waals surface area contributed by atoms with Crippen molar-refractivity contribution >= 4 is 0 Å². The van der Waals surface area contributed by atoms with Crippen LogP contribution in [0.4, 0.5) is 0 Å². The first kappa shape index (κ1) is 14.0. The van der Waals surface area contributed by atoms with Crippen molar-refractivity contribution in [3.8, 4) is 0 Å². The Morgan fingerprint density at radius 1 is 1.00 bits per heavy atom. The third-order valence-electron chi connectivity index (χ3n) is 5.12. The minimum atomic E-state index is 0.520. The van der Waals surface area contributed by atoms with E-state index in [0.717, 1.165) is 18.5 Å². The molecule has 1 fully saturated rings. The van der Waals surface area contributed by atoms with Gasteiger partial charge >= 0.3 is 0 Å². The molecule has 0 radical (unpaired) electrons. The molecule has 1 aliphatic rings. The van der Waals surface area contributed by atoms with Gasteiger partial charge in [0, 0.05) is 6.04 Å². The monoisotopic (exact) mass is 225 g/mol. The molecule has 1 unspecified atom stereocenters. The van der Waals surface area contributed by atoms with E-state index in [0.29, 0.717) is 10.8 Å². The molecular weight excluding hydrogens is 194 g/mol. The van der Waals surface area contributed by atoms with Gasteiger partial charge in [-0.15, -0.1) is 0 Å². The van der Waals surface area contributed by atoms with Gasteiger partial charge in [0.25, 0.3) is 0 Å². The molecule has 0 aliphatic heterocycles. The Morgan fingerprint density at radius 3 is 1.94 bits per heavy atom. The maximum absolute atomic E-state index is 3.71. The summed E-state index contributed by atoms with van der Waals surface area (Å²) in [5.74, 6) is 0.858. The summed E-state index contributed by atoms with van der Waals surface area (Å²) in [5, 5.41) is 3.71. The van der Waals surface area contributed by atoms with E-state index in [1.807, 2.05) is 0 Å². The molecule has 1 aliphatic carbocycles. The summed E-state index contributed by atoms with van der Waals surface area (Å²) in [5.41, 5.74) is 1.04. The van der Waals surface area contributed by atoms with Crippen molar-refractivity contribution in [2.24, 2.45) is 16.7 Å². The summed E-state index contributed by atoms with van der Waals surface area (Å²) < 4.78 is 0. The van der Waals surface area contributed by atoms with Gasteiger partial charge in [-0.25, -0.2) is 0 Å². The summed E-state index contributed by atoms with van der Waals surface area (Å²) >= 11 is 0. The van der Waals surface area contributed by atoms with Crippen LogP contribution in [-0.2, 0) is 0 Å². The lowest BCUT2D eigenvalue weighted by molar-refractivity contribution is 0.372. The van der Waals surface area contributed by atoms with Crippen LogP contribution in [0, 0.1) is 16.7 Å². The van der Waals surface area contributed by atoms with E-state index in [1.54, 1.807) is 0 Å². The summed E-state index contributed by atoms with van der Waals surface area (Å²) in [6.45, 7) is 15.4. The van der Waals surface area contributed by atoms with Gasteiger partial charge in [-0.2, -0.15) is 0 Å². The molecule has 0 aromatic rings. The van der Waals surface area contributed by atoms with Crippen molar-refractivity contribution in [2.75, 3.05) is 6.54 Å². The Balaban J connectivity index is 2.52. The first-order chi connectivity index (χ1) is 7.39. The fourth-order valence-corrected chi connectivity index (χ4v) is 3.52. The van der Waals surface area contributed by atoms with Crippen LogP contribution >= 0.6 is 0 Å². The van der Waals surface area contributed by atoms with Crippen molar-refractivity contribution < 1.29 is 0 Å². The third kappa shape index (κ3) is 2.45. The van der Waals surface area contributed by atoms with Crippen LogP contribution < -0.4 is 5.32 Å². The molecule has 0 heterocycles. The molecule has 0 saturated heterocycles. The van der Waals surface area contributed by atoms with Gasteiger partial charge in [-0.1, -0.05) is 60.8 Å². The topological polar surface area (TPSA) is 12.0 Å². The van der Waals surface area contributed by atoms with Crippen molar-refractivity contribution in [3.05, 3.63) is 0 Å². The highest BCUT2D eigenvalue weighted by molar-refractivity contribution is 5.16. The molecule has 16 heavy (non-hydrogen) atoms. The van der Waals surface area contributed by atoms with E-state index >= 15 is 0 Å². The second kappa shape index (κ2) is 5.08. The third-order valence-corrected chi connectivity index (χ3v) is 5.12. The van der Waals surface area contributed by atoms with Crippen molar-refractivity contribution in [2.45, 2.75) is 73.3 Å². The van der Waals surface area contributed by atoms with Crippen molar-refractivity contribution in [1.29, 1.82) is 0 Å². The maximum atomic E-state index is 3.71. The van der Waals surface area contributed by atoms with Crippen LogP contribution in [-0.4, -0.2) is 12.6 Å². The highest BCUT2D eigenvalue weighted by Crippen LogP contribution is 2.70. The molecule has 1 nitrogen and oxygen atoms in total. The molecule has 1 rings (SSSR count). The number of hydrogen-bond acceptors (Lipinski definition) is 1. The quantitative estimate of drug-likeness (QED) is 0.639. The zero-order valence-electron chi connectivity index (χ0n) is 12.2. The van der Waals surface area contributed by atoms with Crippen LogP contribution in [0.1, 0.15) is 67.2 Å². The largest absolute Gasteiger partial charge is 0.314 e. The highest BCUT2D eigenvalue weighted by Gasteiger charge is 2.66. The lowest BCUT2D eigenvalue weighted by atomic mass is 9.98. The average Bonchev–Trinajstić information content (AvgIpc) is 2.57. The molecule has 0 aromatic carbocycles. The second-order valence-electron chi connectivity index (χ2n) is 6.58. The normalized spacial score (nSPS) is 24.4. The lowest BCUT2D eigenvalue weighted by Crippen LogP contribution is -2.33. The van der Waals surface area contributed by atoms with Crippen LogP contribution in [0.5, 0.6) is 0 Å². The predicted octanol–water partition coefficient (Wildman–Crippen LogP) is 4.23. The number of hydrogen-bond donors (Lipinski definition) is 1. The summed E-state index contributed by atoms with van der Waals surface area (Å²) in [4.78, 5) is 0. The number of unbranched alkanes of at least 4 members (excludes halogenated alkanes) is 2. The minimum absolute atomic E-state index is 0.520. The Labute approximate surface area is 102 Å². The standard InChI is InChI=1S/C15H31N/c1-7-9-10-11-12(16-8-2)13-14(3,4)15(13,5)6/h12-13,16H,7-11H2,1-6H3. The SMILES string of the molecule is CCCCCC(NCC)C1C(C)(C)C1(C)C. The summed E-state index contributed by atoms with van der Waals surface area (Å²) in [6, 6.07) is 0.738. The zero-order chi connectivity index (χ0) is 12.4. The summed E-state index contributed by atoms with van der Waals surface area (Å²) in [7, 11) is 0. The summed E-state index contributed by atoms with van der Waals surface area (Å²) in [6.07, 6.45) is 5.46. The van der Waals surface area contributed by atoms with Crippen LogP contribution in [0.25, 0.3) is 0 Å². The van der Waals surface area contributed by atoms with Gasteiger partial charge in [0.15, 0.2) is 0 Å². The maximum Gasteiger partial charge on any atom is 0.0106 e. The van der Waals surface area contributed by atoms with E-state index in [4.69, 9.17) is 0 Å². The highest BCUT2D eigenvalue weighted by atomic mass is 15.0. The molecule has 0 aromatic heterocycles. The molecule has 1 N–H and O–H groups in total. The lowest BCUT2D eigenvalue weighted by Gasteiger charge is -2.20. The van der Waals surface area contributed by atoms with E-state index in [-0.39, 0.29) is 0 Å². The fraction of sp³-hybridized carbons (Fsp3) is 1.00. The van der Waals surface area contributed by atoms with Gasteiger partial charge in [0.2, 0.25) is 0 Å².